The molecule has 0 radical (unpaired) electrons. The molecule has 2 saturated heterocycles. The smallest absolute Gasteiger partial charge is 0.243 e. The molecule has 0 bridgehead atoms. The number of hydrogen-bond acceptors (Lipinski definition) is 5. The molecule has 4 rings (SSSR count). The van der Waals surface area contributed by atoms with Crippen LogP contribution >= 0.6 is 11.6 Å². The van der Waals surface area contributed by atoms with Crippen molar-refractivity contribution < 1.29 is 18.3 Å². The Morgan fingerprint density at radius 1 is 1.14 bits per heavy atom. The van der Waals surface area contributed by atoms with Crippen LogP contribution < -0.4 is 0 Å². The van der Waals surface area contributed by atoms with Crippen LogP contribution in [0.5, 0.6) is 0 Å². The maximum absolute atomic E-state index is 13.6. The van der Waals surface area contributed by atoms with E-state index in [1.54, 1.807) is 41.4 Å². The fourth-order valence-corrected chi connectivity index (χ4v) is 7.44. The Hall–Kier alpha value is -2.00. The molecular weight excluding hydrogens is 486 g/mol. The Morgan fingerprint density at radius 2 is 1.89 bits per heavy atom. The molecule has 0 saturated carbocycles. The monoisotopic (exact) mass is 519 g/mol. The lowest BCUT2D eigenvalue weighted by atomic mass is 9.87. The van der Waals surface area contributed by atoms with Crippen LogP contribution in [0.25, 0.3) is 0 Å². The summed E-state index contributed by atoms with van der Waals surface area (Å²) < 4.78 is 28.8. The maximum Gasteiger partial charge on any atom is 0.243 e. The third-order valence-electron chi connectivity index (χ3n) is 7.39. The fourth-order valence-electron chi connectivity index (χ4n) is 5.21. The number of benzene rings is 1. The number of nitrogens with zero attached hydrogens (tertiary/aromatic N) is 3. The van der Waals surface area contributed by atoms with Gasteiger partial charge in [0.25, 0.3) is 0 Å². The highest BCUT2D eigenvalue weighted by Crippen LogP contribution is 2.33. The number of sulfonamides is 1. The van der Waals surface area contributed by atoms with E-state index in [1.807, 2.05) is 18.2 Å². The zero-order valence-corrected chi connectivity index (χ0v) is 22.0. The Bertz CT molecular complexity index is 1160. The molecule has 1 amide bonds. The molecular formula is C26H34ClN3O4S. The van der Waals surface area contributed by atoms with Crippen LogP contribution in [0.4, 0.5) is 0 Å². The molecule has 1 atom stereocenters. The fraction of sp³-hybridized carbons (Fsp3) is 0.538. The lowest BCUT2D eigenvalue weighted by Gasteiger charge is -2.38. The number of rotatable bonds is 6. The highest BCUT2D eigenvalue weighted by Gasteiger charge is 2.38. The minimum atomic E-state index is -3.69. The van der Waals surface area contributed by atoms with Gasteiger partial charge < -0.3 is 10.0 Å². The second kappa shape index (κ2) is 10.5. The largest absolute Gasteiger partial charge is 0.383 e. The summed E-state index contributed by atoms with van der Waals surface area (Å²) in [6, 6.07) is 8.64. The molecule has 2 aliphatic rings. The quantitative estimate of drug-likeness (QED) is 0.618. The van der Waals surface area contributed by atoms with Crippen LogP contribution in [0.15, 0.2) is 41.4 Å². The van der Waals surface area contributed by atoms with Crippen molar-refractivity contribution in [2.75, 3.05) is 19.6 Å². The number of carbonyl (C=O) groups excluding carboxylic acids is 1. The van der Waals surface area contributed by atoms with Gasteiger partial charge in [0.2, 0.25) is 15.9 Å². The van der Waals surface area contributed by atoms with Gasteiger partial charge in [0, 0.05) is 43.3 Å². The predicted molar refractivity (Wildman–Crippen MR) is 136 cm³/mol. The number of pyridine rings is 1. The number of piperidine rings is 2. The standard InChI is InChI=1S/C26H34ClN3O4S/c1-19-18-23(20(2)17-22(19)27)35(33,34)30-14-6-4-7-21(30)9-10-25(31)29-15-11-26(32,12-16-29)24-8-3-5-13-28-24/h3,5,8,13,17-18,21,32H,4,6-7,9-12,14-16H2,1-2H3. The molecule has 1 aromatic heterocycles. The van der Waals surface area contributed by atoms with Crippen LogP contribution in [-0.4, -0.2) is 59.3 Å². The van der Waals surface area contributed by atoms with Crippen molar-refractivity contribution in [1.82, 2.24) is 14.2 Å². The lowest BCUT2D eigenvalue weighted by molar-refractivity contribution is -0.136. The van der Waals surface area contributed by atoms with E-state index >= 15 is 0 Å². The van der Waals surface area contributed by atoms with Gasteiger partial charge >= 0.3 is 0 Å². The van der Waals surface area contributed by atoms with E-state index in [9.17, 15) is 18.3 Å². The summed E-state index contributed by atoms with van der Waals surface area (Å²) in [7, 11) is -3.69. The van der Waals surface area contributed by atoms with Crippen LogP contribution in [-0.2, 0) is 20.4 Å². The van der Waals surface area contributed by atoms with Crippen molar-refractivity contribution >= 4 is 27.5 Å². The third kappa shape index (κ3) is 5.56. The van der Waals surface area contributed by atoms with E-state index in [1.165, 1.54) is 0 Å². The lowest BCUT2D eigenvalue weighted by Crippen LogP contribution is -2.47. The van der Waals surface area contributed by atoms with Crippen LogP contribution in [0.2, 0.25) is 5.02 Å². The highest BCUT2D eigenvalue weighted by atomic mass is 35.5. The van der Waals surface area contributed by atoms with Crippen molar-refractivity contribution in [3.8, 4) is 0 Å². The first-order valence-corrected chi connectivity index (χ1v) is 14.1. The topological polar surface area (TPSA) is 90.8 Å². The van der Waals surface area contributed by atoms with Crippen molar-refractivity contribution in [1.29, 1.82) is 0 Å². The molecule has 7 nitrogen and oxygen atoms in total. The number of aromatic nitrogens is 1. The Kier molecular flexibility index (Phi) is 7.86. The van der Waals surface area contributed by atoms with E-state index in [4.69, 9.17) is 11.6 Å². The molecule has 2 aromatic rings. The van der Waals surface area contributed by atoms with Gasteiger partial charge in [-0.05, 0) is 81.3 Å². The zero-order valence-electron chi connectivity index (χ0n) is 20.4. The zero-order chi connectivity index (χ0) is 25.2. The Balaban J connectivity index is 1.40. The third-order valence-corrected chi connectivity index (χ3v) is 9.89. The second-order valence-corrected chi connectivity index (χ2v) is 12.1. The van der Waals surface area contributed by atoms with Crippen molar-refractivity contribution in [2.24, 2.45) is 0 Å². The minimum Gasteiger partial charge on any atom is -0.383 e. The predicted octanol–water partition coefficient (Wildman–Crippen LogP) is 4.19. The van der Waals surface area contributed by atoms with Crippen molar-refractivity contribution in [3.63, 3.8) is 0 Å². The molecule has 3 heterocycles. The average molecular weight is 520 g/mol. The van der Waals surface area contributed by atoms with Gasteiger partial charge in [0.05, 0.1) is 10.6 Å². The van der Waals surface area contributed by atoms with Gasteiger partial charge in [0.1, 0.15) is 5.60 Å². The summed E-state index contributed by atoms with van der Waals surface area (Å²) in [6.45, 7) is 4.96. The van der Waals surface area contributed by atoms with Gasteiger partial charge in [-0.2, -0.15) is 4.31 Å². The van der Waals surface area contributed by atoms with Crippen LogP contribution in [0.3, 0.4) is 0 Å². The van der Waals surface area contributed by atoms with E-state index in [2.05, 4.69) is 4.98 Å². The normalized spacial score (nSPS) is 21.1. The number of halogens is 1. The number of aryl methyl sites for hydroxylation is 2. The van der Waals surface area contributed by atoms with Gasteiger partial charge in [-0.15, -0.1) is 0 Å². The summed E-state index contributed by atoms with van der Waals surface area (Å²) in [5, 5.41) is 11.5. The Labute approximate surface area is 213 Å². The van der Waals surface area contributed by atoms with E-state index in [-0.39, 0.29) is 18.4 Å². The molecule has 0 aliphatic carbocycles. The molecule has 2 fully saturated rings. The minimum absolute atomic E-state index is 0.00881. The summed E-state index contributed by atoms with van der Waals surface area (Å²) >= 11 is 6.19. The average Bonchev–Trinajstić information content (AvgIpc) is 2.86. The van der Waals surface area contributed by atoms with Gasteiger partial charge in [-0.1, -0.05) is 24.1 Å². The van der Waals surface area contributed by atoms with E-state index < -0.39 is 15.6 Å². The molecule has 0 spiro atoms. The highest BCUT2D eigenvalue weighted by molar-refractivity contribution is 7.89. The molecule has 1 unspecified atom stereocenters. The molecule has 9 heteroatoms. The first-order chi connectivity index (χ1) is 16.6. The number of likely N-dealkylation sites (tertiary alicyclic amines) is 1. The summed E-state index contributed by atoms with van der Waals surface area (Å²) in [5.41, 5.74) is 0.994. The van der Waals surface area contributed by atoms with Crippen LogP contribution in [0, 0.1) is 13.8 Å². The van der Waals surface area contributed by atoms with E-state index in [0.29, 0.717) is 60.1 Å². The van der Waals surface area contributed by atoms with Gasteiger partial charge in [0.15, 0.2) is 0 Å². The Morgan fingerprint density at radius 3 is 2.57 bits per heavy atom. The summed E-state index contributed by atoms with van der Waals surface area (Å²) in [5.74, 6) is 0.00881. The molecule has 190 valence electrons. The van der Waals surface area contributed by atoms with E-state index in [0.717, 1.165) is 24.8 Å². The second-order valence-electron chi connectivity index (χ2n) is 9.80. The summed E-state index contributed by atoms with van der Waals surface area (Å²) in [4.78, 5) is 19.4. The number of hydrogen-bond donors (Lipinski definition) is 1. The first-order valence-electron chi connectivity index (χ1n) is 12.3. The number of aliphatic hydroxyl groups is 1. The van der Waals surface area contributed by atoms with Gasteiger partial charge in [-0.25, -0.2) is 8.42 Å². The molecule has 1 aromatic carbocycles. The van der Waals surface area contributed by atoms with Crippen LogP contribution in [0.1, 0.15) is 61.8 Å². The van der Waals surface area contributed by atoms with Crippen molar-refractivity contribution in [3.05, 3.63) is 58.4 Å². The molecule has 1 N–H and O–H groups in total. The molecule has 35 heavy (non-hydrogen) atoms. The van der Waals surface area contributed by atoms with Gasteiger partial charge in [-0.3, -0.25) is 9.78 Å². The van der Waals surface area contributed by atoms with Crippen molar-refractivity contribution in [2.45, 2.75) is 75.3 Å². The number of carbonyl (C=O) groups is 1. The summed E-state index contributed by atoms with van der Waals surface area (Å²) in [6.07, 6.45) is 5.84. The first kappa shape index (κ1) is 26.1. The SMILES string of the molecule is Cc1cc(S(=O)(=O)N2CCCCC2CCC(=O)N2CCC(O)(c3ccccn3)CC2)c(C)cc1Cl. The molecule has 2 aliphatic heterocycles. The maximum atomic E-state index is 13.6. The number of amides is 1.